The first-order chi connectivity index (χ1) is 13.0. The predicted octanol–water partition coefficient (Wildman–Crippen LogP) is 1.74. The average molecular weight is 388 g/mol. The second kappa shape index (κ2) is 8.43. The van der Waals surface area contributed by atoms with Gasteiger partial charge in [-0.15, -0.1) is 11.8 Å². The van der Waals surface area contributed by atoms with Crippen molar-refractivity contribution in [3.8, 4) is 5.75 Å². The number of hydrogen-bond acceptors (Lipinski definition) is 6. The minimum atomic E-state index is -0.682. The van der Waals surface area contributed by atoms with Crippen LogP contribution in [0.15, 0.2) is 47.4 Å². The largest absolute Gasteiger partial charge is 0.497 e. The van der Waals surface area contributed by atoms with Crippen molar-refractivity contribution < 1.29 is 24.6 Å². The summed E-state index contributed by atoms with van der Waals surface area (Å²) in [6.07, 6.45) is 0.492. The minimum absolute atomic E-state index is 0.165. The SMILES string of the molecule is COc1ccc(CC2Sc3ccc(CO)cc3N(CC(=O)NO)C2=O)cc1. The van der Waals surface area contributed by atoms with E-state index in [1.54, 1.807) is 24.7 Å². The first-order valence-electron chi connectivity index (χ1n) is 8.33. The van der Waals surface area contributed by atoms with E-state index in [9.17, 15) is 14.7 Å². The lowest BCUT2D eigenvalue weighted by Gasteiger charge is -2.33. The molecule has 1 unspecified atom stereocenters. The van der Waals surface area contributed by atoms with E-state index in [-0.39, 0.29) is 19.1 Å². The topological polar surface area (TPSA) is 99.1 Å². The number of fused-ring (bicyclic) bond motifs is 1. The lowest BCUT2D eigenvalue weighted by molar-refractivity contribution is -0.129. The van der Waals surface area contributed by atoms with E-state index in [1.807, 2.05) is 30.3 Å². The Labute approximate surface area is 160 Å². The Kier molecular flexibility index (Phi) is 6.00. The van der Waals surface area contributed by atoms with Crippen LogP contribution in [-0.2, 0) is 22.6 Å². The molecule has 0 saturated heterocycles. The Balaban J connectivity index is 1.90. The zero-order valence-electron chi connectivity index (χ0n) is 14.7. The fourth-order valence-electron chi connectivity index (χ4n) is 2.91. The normalized spacial score (nSPS) is 16.0. The number of hydroxylamine groups is 1. The molecule has 0 aromatic heterocycles. The molecule has 2 aromatic rings. The number of carbonyl (C=O) groups is 2. The summed E-state index contributed by atoms with van der Waals surface area (Å²) >= 11 is 1.43. The summed E-state index contributed by atoms with van der Waals surface area (Å²) in [6, 6.07) is 12.8. The molecule has 2 aromatic carbocycles. The summed E-state index contributed by atoms with van der Waals surface area (Å²) in [5, 5.41) is 17.8. The summed E-state index contributed by atoms with van der Waals surface area (Å²) in [4.78, 5) is 26.9. The van der Waals surface area contributed by atoms with E-state index in [1.165, 1.54) is 16.7 Å². The second-order valence-electron chi connectivity index (χ2n) is 6.08. The van der Waals surface area contributed by atoms with E-state index in [0.717, 1.165) is 16.2 Å². The number of hydrogen-bond donors (Lipinski definition) is 3. The molecular weight excluding hydrogens is 368 g/mol. The standard InChI is InChI=1S/C19H20N2O5S/c1-26-14-5-2-12(3-6-14)9-17-19(24)21(10-18(23)20-25)15-8-13(11-22)4-7-16(15)27-17/h2-8,17,22,25H,9-11H2,1H3,(H,20,23). The first kappa shape index (κ1) is 19.2. The molecule has 3 rings (SSSR count). The maximum Gasteiger partial charge on any atom is 0.263 e. The molecule has 0 fully saturated rings. The molecule has 1 aliphatic rings. The van der Waals surface area contributed by atoms with E-state index >= 15 is 0 Å². The Hall–Kier alpha value is -2.55. The molecule has 3 N–H and O–H groups in total. The number of nitrogens with one attached hydrogen (secondary N) is 1. The van der Waals surface area contributed by atoms with Crippen LogP contribution in [0.3, 0.4) is 0 Å². The van der Waals surface area contributed by atoms with Gasteiger partial charge in [-0.1, -0.05) is 18.2 Å². The number of carbonyl (C=O) groups excluding carboxylic acids is 2. The van der Waals surface area contributed by atoms with Gasteiger partial charge in [-0.3, -0.25) is 14.8 Å². The van der Waals surface area contributed by atoms with Crippen LogP contribution in [0.2, 0.25) is 0 Å². The molecule has 1 heterocycles. The number of ether oxygens (including phenoxy) is 1. The maximum atomic E-state index is 13.0. The van der Waals surface area contributed by atoms with Crippen LogP contribution in [-0.4, -0.2) is 41.0 Å². The zero-order valence-corrected chi connectivity index (χ0v) is 15.5. The first-order valence-corrected chi connectivity index (χ1v) is 9.21. The zero-order chi connectivity index (χ0) is 19.4. The highest BCUT2D eigenvalue weighted by Gasteiger charge is 2.34. The molecule has 0 aliphatic carbocycles. The number of anilines is 1. The molecule has 1 atom stereocenters. The van der Waals surface area contributed by atoms with Crippen molar-refractivity contribution in [2.75, 3.05) is 18.6 Å². The van der Waals surface area contributed by atoms with Crippen molar-refractivity contribution in [2.45, 2.75) is 23.2 Å². The van der Waals surface area contributed by atoms with Gasteiger partial charge in [-0.2, -0.15) is 0 Å². The van der Waals surface area contributed by atoms with Crippen molar-refractivity contribution in [3.05, 3.63) is 53.6 Å². The van der Waals surface area contributed by atoms with Crippen LogP contribution in [0.5, 0.6) is 5.75 Å². The fourth-order valence-corrected chi connectivity index (χ4v) is 4.16. The fraction of sp³-hybridized carbons (Fsp3) is 0.263. The summed E-state index contributed by atoms with van der Waals surface area (Å²) in [6.45, 7) is -0.460. The molecule has 1 aliphatic heterocycles. The van der Waals surface area contributed by atoms with E-state index in [2.05, 4.69) is 0 Å². The molecule has 142 valence electrons. The van der Waals surface area contributed by atoms with Crippen molar-refractivity contribution in [1.29, 1.82) is 0 Å². The molecule has 0 saturated carbocycles. The van der Waals surface area contributed by atoms with Gasteiger partial charge < -0.3 is 14.7 Å². The van der Waals surface area contributed by atoms with Crippen LogP contribution in [0.4, 0.5) is 5.69 Å². The van der Waals surface area contributed by atoms with Gasteiger partial charge in [0.05, 0.1) is 24.7 Å². The number of thioether (sulfide) groups is 1. The molecule has 27 heavy (non-hydrogen) atoms. The van der Waals surface area contributed by atoms with Gasteiger partial charge in [0.2, 0.25) is 5.91 Å². The van der Waals surface area contributed by atoms with Crippen molar-refractivity contribution >= 4 is 29.3 Å². The Morgan fingerprint density at radius 3 is 2.56 bits per heavy atom. The van der Waals surface area contributed by atoms with Crippen molar-refractivity contribution in [3.63, 3.8) is 0 Å². The number of nitrogens with zero attached hydrogens (tertiary/aromatic N) is 1. The second-order valence-corrected chi connectivity index (χ2v) is 7.32. The Morgan fingerprint density at radius 1 is 1.22 bits per heavy atom. The average Bonchev–Trinajstić information content (AvgIpc) is 2.71. The van der Waals surface area contributed by atoms with Gasteiger partial charge in [-0.05, 0) is 41.8 Å². The van der Waals surface area contributed by atoms with Gasteiger partial charge >= 0.3 is 0 Å². The quantitative estimate of drug-likeness (QED) is 0.515. The highest BCUT2D eigenvalue weighted by Crippen LogP contribution is 2.41. The summed E-state index contributed by atoms with van der Waals surface area (Å²) in [5.74, 6) is -0.162. The van der Waals surface area contributed by atoms with E-state index < -0.39 is 11.2 Å². The number of benzene rings is 2. The number of methoxy groups -OCH3 is 1. The molecule has 2 amide bonds. The van der Waals surface area contributed by atoms with Gasteiger partial charge in [0.25, 0.3) is 5.91 Å². The lowest BCUT2D eigenvalue weighted by atomic mass is 10.1. The van der Waals surface area contributed by atoms with Gasteiger partial charge in [-0.25, -0.2) is 5.48 Å². The van der Waals surface area contributed by atoms with Crippen molar-refractivity contribution in [1.82, 2.24) is 5.48 Å². The Bertz CT molecular complexity index is 840. The smallest absolute Gasteiger partial charge is 0.263 e. The number of amides is 2. The van der Waals surface area contributed by atoms with Gasteiger partial charge in [0.15, 0.2) is 0 Å². The third kappa shape index (κ3) is 4.24. The van der Waals surface area contributed by atoms with Crippen molar-refractivity contribution in [2.24, 2.45) is 0 Å². The van der Waals surface area contributed by atoms with E-state index in [0.29, 0.717) is 17.7 Å². The number of rotatable bonds is 6. The lowest BCUT2D eigenvalue weighted by Crippen LogP contribution is -2.46. The third-order valence-electron chi connectivity index (χ3n) is 4.31. The molecular formula is C19H20N2O5S. The van der Waals surface area contributed by atoms with Crippen LogP contribution >= 0.6 is 11.8 Å². The third-order valence-corrected chi connectivity index (χ3v) is 5.57. The Morgan fingerprint density at radius 2 is 1.93 bits per heavy atom. The number of aliphatic hydroxyl groups excluding tert-OH is 1. The molecule has 0 spiro atoms. The maximum absolute atomic E-state index is 13.0. The number of aliphatic hydroxyl groups is 1. The van der Waals surface area contributed by atoms with Crippen LogP contribution in [0.25, 0.3) is 0 Å². The molecule has 0 bridgehead atoms. The van der Waals surface area contributed by atoms with Crippen LogP contribution < -0.4 is 15.1 Å². The highest BCUT2D eigenvalue weighted by atomic mass is 32.2. The van der Waals surface area contributed by atoms with Gasteiger partial charge in [0.1, 0.15) is 12.3 Å². The van der Waals surface area contributed by atoms with Crippen LogP contribution in [0, 0.1) is 0 Å². The highest BCUT2D eigenvalue weighted by molar-refractivity contribution is 8.01. The molecule has 7 nitrogen and oxygen atoms in total. The monoisotopic (exact) mass is 388 g/mol. The summed E-state index contributed by atoms with van der Waals surface area (Å²) in [5.41, 5.74) is 3.75. The summed E-state index contributed by atoms with van der Waals surface area (Å²) < 4.78 is 5.15. The summed E-state index contributed by atoms with van der Waals surface area (Å²) in [7, 11) is 1.59. The molecule has 0 radical (unpaired) electrons. The predicted molar refractivity (Wildman–Crippen MR) is 101 cm³/mol. The van der Waals surface area contributed by atoms with Crippen LogP contribution in [0.1, 0.15) is 11.1 Å². The van der Waals surface area contributed by atoms with E-state index in [4.69, 9.17) is 9.94 Å². The molecule has 8 heteroatoms. The van der Waals surface area contributed by atoms with Gasteiger partial charge in [0, 0.05) is 4.90 Å². The minimum Gasteiger partial charge on any atom is -0.497 e.